The highest BCUT2D eigenvalue weighted by Gasteiger charge is 2.25. The fourth-order valence-electron chi connectivity index (χ4n) is 3.99. The minimum atomic E-state index is -0.324. The van der Waals surface area contributed by atoms with Crippen molar-refractivity contribution >= 4 is 11.7 Å². The SMILES string of the molecule is CC(=O)c1c(C)c(C(=O)NCc2ccc3c(c2)OCO3)n(Cc2ccc(F)cc2)c1C. The Bertz CT molecular complexity index is 1170. The summed E-state index contributed by atoms with van der Waals surface area (Å²) in [7, 11) is 0. The van der Waals surface area contributed by atoms with Gasteiger partial charge >= 0.3 is 0 Å². The average molecular weight is 422 g/mol. The Morgan fingerprint density at radius 1 is 1.03 bits per heavy atom. The molecule has 0 aliphatic carbocycles. The molecule has 0 spiro atoms. The Morgan fingerprint density at radius 2 is 1.71 bits per heavy atom. The molecular weight excluding hydrogens is 399 g/mol. The van der Waals surface area contributed by atoms with Crippen molar-refractivity contribution in [2.24, 2.45) is 0 Å². The van der Waals surface area contributed by atoms with Crippen molar-refractivity contribution in [3.8, 4) is 11.5 Å². The average Bonchev–Trinajstić information content (AvgIpc) is 3.29. The van der Waals surface area contributed by atoms with E-state index in [0.717, 1.165) is 11.1 Å². The van der Waals surface area contributed by atoms with Gasteiger partial charge in [0, 0.05) is 24.3 Å². The van der Waals surface area contributed by atoms with Gasteiger partial charge in [-0.15, -0.1) is 0 Å². The van der Waals surface area contributed by atoms with Crippen molar-refractivity contribution in [3.05, 3.63) is 81.9 Å². The van der Waals surface area contributed by atoms with Crippen molar-refractivity contribution in [3.63, 3.8) is 0 Å². The van der Waals surface area contributed by atoms with Gasteiger partial charge in [-0.2, -0.15) is 0 Å². The summed E-state index contributed by atoms with van der Waals surface area (Å²) in [6, 6.07) is 11.6. The van der Waals surface area contributed by atoms with Crippen molar-refractivity contribution in [1.82, 2.24) is 9.88 Å². The summed E-state index contributed by atoms with van der Waals surface area (Å²) in [5.41, 5.74) is 4.01. The Hall–Kier alpha value is -3.61. The van der Waals surface area contributed by atoms with E-state index in [4.69, 9.17) is 9.47 Å². The number of amides is 1. The maximum absolute atomic E-state index is 13.3. The van der Waals surface area contributed by atoms with Crippen molar-refractivity contribution in [2.75, 3.05) is 6.79 Å². The van der Waals surface area contributed by atoms with Gasteiger partial charge in [0.05, 0.1) is 0 Å². The molecule has 6 nitrogen and oxygen atoms in total. The lowest BCUT2D eigenvalue weighted by Gasteiger charge is -2.13. The zero-order chi connectivity index (χ0) is 22.1. The fraction of sp³-hybridized carbons (Fsp3) is 0.250. The lowest BCUT2D eigenvalue weighted by molar-refractivity contribution is 0.0940. The van der Waals surface area contributed by atoms with Gasteiger partial charge in [-0.3, -0.25) is 9.59 Å². The van der Waals surface area contributed by atoms with Crippen LogP contribution in [0.1, 0.15) is 50.2 Å². The number of carbonyl (C=O) groups excluding carboxylic acids is 2. The number of carbonyl (C=O) groups is 2. The molecule has 0 fully saturated rings. The van der Waals surface area contributed by atoms with E-state index >= 15 is 0 Å². The summed E-state index contributed by atoms with van der Waals surface area (Å²) in [4.78, 5) is 25.4. The number of hydrogen-bond acceptors (Lipinski definition) is 4. The number of nitrogens with one attached hydrogen (secondary N) is 1. The number of ketones is 1. The van der Waals surface area contributed by atoms with Gasteiger partial charge < -0.3 is 19.4 Å². The van der Waals surface area contributed by atoms with Crippen LogP contribution >= 0.6 is 0 Å². The van der Waals surface area contributed by atoms with Gasteiger partial charge in [-0.1, -0.05) is 18.2 Å². The molecule has 2 heterocycles. The largest absolute Gasteiger partial charge is 0.454 e. The number of Topliss-reactive ketones (excluding diaryl/α,β-unsaturated/α-hetero) is 1. The first-order valence-electron chi connectivity index (χ1n) is 9.97. The van der Waals surface area contributed by atoms with E-state index in [1.807, 2.05) is 29.7 Å². The summed E-state index contributed by atoms with van der Waals surface area (Å²) in [6.45, 7) is 5.93. The van der Waals surface area contributed by atoms with Gasteiger partial charge in [-0.25, -0.2) is 4.39 Å². The normalized spacial score (nSPS) is 12.1. The molecule has 31 heavy (non-hydrogen) atoms. The quantitative estimate of drug-likeness (QED) is 0.606. The van der Waals surface area contributed by atoms with Crippen LogP contribution in [0.4, 0.5) is 4.39 Å². The van der Waals surface area contributed by atoms with Crippen molar-refractivity contribution in [2.45, 2.75) is 33.9 Å². The van der Waals surface area contributed by atoms with Crippen molar-refractivity contribution < 1.29 is 23.5 Å². The highest BCUT2D eigenvalue weighted by molar-refractivity contribution is 6.02. The van der Waals surface area contributed by atoms with Gasteiger partial charge in [0.2, 0.25) is 6.79 Å². The number of rotatable bonds is 6. The second kappa shape index (κ2) is 8.26. The number of aromatic nitrogens is 1. The zero-order valence-corrected chi connectivity index (χ0v) is 17.6. The molecule has 2 aromatic carbocycles. The molecule has 1 aromatic heterocycles. The van der Waals surface area contributed by atoms with Crippen LogP contribution in [0.3, 0.4) is 0 Å². The highest BCUT2D eigenvalue weighted by atomic mass is 19.1. The Morgan fingerprint density at radius 3 is 2.42 bits per heavy atom. The molecule has 4 rings (SSSR count). The topological polar surface area (TPSA) is 69.6 Å². The lowest BCUT2D eigenvalue weighted by Crippen LogP contribution is -2.26. The summed E-state index contributed by atoms with van der Waals surface area (Å²) in [5.74, 6) is 0.624. The molecule has 1 N–H and O–H groups in total. The summed E-state index contributed by atoms with van der Waals surface area (Å²) >= 11 is 0. The van der Waals surface area contributed by atoms with Crippen LogP contribution in [0.2, 0.25) is 0 Å². The Balaban J connectivity index is 1.62. The number of halogens is 1. The minimum Gasteiger partial charge on any atom is -0.454 e. The van der Waals surface area contributed by atoms with E-state index in [9.17, 15) is 14.0 Å². The molecule has 160 valence electrons. The Kier molecular flexibility index (Phi) is 5.50. The molecule has 0 saturated carbocycles. The van der Waals surface area contributed by atoms with Crippen LogP contribution < -0.4 is 14.8 Å². The Labute approximate surface area is 179 Å². The van der Waals surface area contributed by atoms with Gasteiger partial charge in [0.25, 0.3) is 5.91 Å². The van der Waals surface area contributed by atoms with E-state index in [1.54, 1.807) is 19.1 Å². The minimum absolute atomic E-state index is 0.0994. The first-order valence-corrected chi connectivity index (χ1v) is 9.97. The van der Waals surface area contributed by atoms with Gasteiger partial charge in [0.1, 0.15) is 11.5 Å². The van der Waals surface area contributed by atoms with E-state index < -0.39 is 0 Å². The molecule has 1 aliphatic heterocycles. The van der Waals surface area contributed by atoms with Gasteiger partial charge in [0.15, 0.2) is 17.3 Å². The maximum Gasteiger partial charge on any atom is 0.268 e. The summed E-state index contributed by atoms with van der Waals surface area (Å²) in [5, 5.41) is 2.93. The summed E-state index contributed by atoms with van der Waals surface area (Å²) < 4.78 is 25.8. The van der Waals surface area contributed by atoms with E-state index in [2.05, 4.69) is 5.32 Å². The molecule has 0 unspecified atom stereocenters. The molecule has 0 radical (unpaired) electrons. The molecule has 0 bridgehead atoms. The number of fused-ring (bicyclic) bond motifs is 1. The predicted octanol–water partition coefficient (Wildman–Crippen LogP) is 4.15. The third kappa shape index (κ3) is 4.03. The molecule has 0 saturated heterocycles. The van der Waals surface area contributed by atoms with Crippen molar-refractivity contribution in [1.29, 1.82) is 0 Å². The number of benzene rings is 2. The molecule has 1 aliphatic rings. The first-order chi connectivity index (χ1) is 14.8. The van der Waals surface area contributed by atoms with Gasteiger partial charge in [-0.05, 0) is 61.7 Å². The second-order valence-corrected chi connectivity index (χ2v) is 7.57. The standard InChI is InChI=1S/C24H23FN2O4/c1-14-22(16(3)28)15(2)27(12-17-4-7-19(25)8-5-17)23(14)24(29)26-11-18-6-9-20-21(10-18)31-13-30-20/h4-10H,11-13H2,1-3H3,(H,26,29). The van der Waals surface area contributed by atoms with Crippen LogP contribution in [0.25, 0.3) is 0 Å². The maximum atomic E-state index is 13.3. The zero-order valence-electron chi connectivity index (χ0n) is 17.6. The van der Waals surface area contributed by atoms with E-state index in [0.29, 0.717) is 47.1 Å². The number of nitrogens with zero attached hydrogens (tertiary/aromatic N) is 1. The fourth-order valence-corrected chi connectivity index (χ4v) is 3.99. The molecule has 3 aromatic rings. The third-order valence-electron chi connectivity index (χ3n) is 5.48. The lowest BCUT2D eigenvalue weighted by atomic mass is 10.1. The van der Waals surface area contributed by atoms with Crippen LogP contribution in [-0.2, 0) is 13.1 Å². The van der Waals surface area contributed by atoms with Crippen LogP contribution in [0.15, 0.2) is 42.5 Å². The number of hydrogen-bond donors (Lipinski definition) is 1. The molecule has 1 amide bonds. The van der Waals surface area contributed by atoms with Crippen LogP contribution in [0, 0.1) is 19.7 Å². The first kappa shape index (κ1) is 20.7. The van der Waals surface area contributed by atoms with Crippen LogP contribution in [-0.4, -0.2) is 23.1 Å². The molecular formula is C24H23FN2O4. The molecule has 7 heteroatoms. The summed E-state index contributed by atoms with van der Waals surface area (Å²) in [6.07, 6.45) is 0. The monoisotopic (exact) mass is 422 g/mol. The van der Waals surface area contributed by atoms with E-state index in [1.165, 1.54) is 19.1 Å². The highest BCUT2D eigenvalue weighted by Crippen LogP contribution is 2.32. The third-order valence-corrected chi connectivity index (χ3v) is 5.48. The van der Waals surface area contributed by atoms with E-state index in [-0.39, 0.29) is 24.3 Å². The number of ether oxygens (including phenoxy) is 2. The predicted molar refractivity (Wildman–Crippen MR) is 113 cm³/mol. The smallest absolute Gasteiger partial charge is 0.268 e. The van der Waals surface area contributed by atoms with Crippen LogP contribution in [0.5, 0.6) is 11.5 Å². The second-order valence-electron chi connectivity index (χ2n) is 7.57. The molecule has 0 atom stereocenters.